The van der Waals surface area contributed by atoms with Crippen LogP contribution in [0.15, 0.2) is 65.1 Å². The van der Waals surface area contributed by atoms with Crippen molar-refractivity contribution in [1.82, 2.24) is 19.9 Å². The van der Waals surface area contributed by atoms with Crippen molar-refractivity contribution < 1.29 is 4.39 Å². The second-order valence-corrected chi connectivity index (χ2v) is 7.64. The molecule has 27 heavy (non-hydrogen) atoms. The number of aromatic nitrogens is 4. The molecule has 8 heteroatoms. The number of rotatable bonds is 6. The molecule has 0 atom stereocenters. The Bertz CT molecular complexity index is 1050. The number of hydrogen-bond acceptors (Lipinski definition) is 6. The Morgan fingerprint density at radius 2 is 1.81 bits per heavy atom. The molecular formula is C19H16FN5S2. The monoisotopic (exact) mass is 397 g/mol. The van der Waals surface area contributed by atoms with Crippen LogP contribution in [0.4, 0.5) is 4.39 Å². The van der Waals surface area contributed by atoms with Gasteiger partial charge in [-0.1, -0.05) is 60.3 Å². The van der Waals surface area contributed by atoms with Gasteiger partial charge in [0, 0.05) is 23.1 Å². The van der Waals surface area contributed by atoms with E-state index >= 15 is 0 Å². The lowest BCUT2D eigenvalue weighted by molar-refractivity contribution is 0.610. The summed E-state index contributed by atoms with van der Waals surface area (Å²) in [6, 6.07) is 16.7. The van der Waals surface area contributed by atoms with Gasteiger partial charge in [-0.2, -0.15) is 0 Å². The molecule has 0 unspecified atom stereocenters. The van der Waals surface area contributed by atoms with Gasteiger partial charge in [-0.15, -0.1) is 21.5 Å². The first kappa shape index (κ1) is 17.7. The largest absolute Gasteiger partial charge is 0.336 e. The summed E-state index contributed by atoms with van der Waals surface area (Å²) in [5.74, 6) is 6.98. The summed E-state index contributed by atoms with van der Waals surface area (Å²) in [7, 11) is 0. The number of halogens is 1. The summed E-state index contributed by atoms with van der Waals surface area (Å²) in [5, 5.41) is 11.8. The van der Waals surface area contributed by atoms with Crippen molar-refractivity contribution in [1.29, 1.82) is 0 Å². The molecule has 4 aromatic rings. The van der Waals surface area contributed by atoms with Gasteiger partial charge in [0.25, 0.3) is 0 Å². The van der Waals surface area contributed by atoms with Gasteiger partial charge in [0.05, 0.1) is 5.69 Å². The molecule has 0 spiro atoms. The first-order valence-electron chi connectivity index (χ1n) is 8.26. The van der Waals surface area contributed by atoms with Crippen LogP contribution in [0.1, 0.15) is 17.1 Å². The highest BCUT2D eigenvalue weighted by atomic mass is 32.2. The van der Waals surface area contributed by atoms with Crippen LogP contribution in [0.25, 0.3) is 10.6 Å². The predicted molar refractivity (Wildman–Crippen MR) is 106 cm³/mol. The molecule has 136 valence electrons. The Labute approximate surface area is 164 Å². The SMILES string of the molecule is Nn1c(Cc2ccccc2F)nnc1SCc1csc(-c2ccccc2)n1. The lowest BCUT2D eigenvalue weighted by Crippen LogP contribution is -2.14. The number of thioether (sulfide) groups is 1. The van der Waals surface area contributed by atoms with E-state index in [1.807, 2.05) is 35.7 Å². The summed E-state index contributed by atoms with van der Waals surface area (Å²) in [4.78, 5) is 4.66. The van der Waals surface area contributed by atoms with Gasteiger partial charge in [-0.05, 0) is 11.6 Å². The smallest absolute Gasteiger partial charge is 0.210 e. The summed E-state index contributed by atoms with van der Waals surface area (Å²) in [5.41, 5.74) is 2.61. The fourth-order valence-electron chi connectivity index (χ4n) is 2.56. The van der Waals surface area contributed by atoms with Crippen LogP contribution < -0.4 is 5.84 Å². The molecule has 0 saturated carbocycles. The first-order valence-corrected chi connectivity index (χ1v) is 10.1. The summed E-state index contributed by atoms with van der Waals surface area (Å²) >= 11 is 3.07. The van der Waals surface area contributed by atoms with Crippen molar-refractivity contribution in [2.75, 3.05) is 5.84 Å². The zero-order chi connectivity index (χ0) is 18.6. The lowest BCUT2D eigenvalue weighted by atomic mass is 10.1. The van der Waals surface area contributed by atoms with Crippen molar-refractivity contribution in [2.45, 2.75) is 17.3 Å². The Balaban J connectivity index is 1.43. The number of nitrogens with zero attached hydrogens (tertiary/aromatic N) is 4. The molecule has 2 heterocycles. The lowest BCUT2D eigenvalue weighted by Gasteiger charge is -2.04. The third-order valence-corrected chi connectivity index (χ3v) is 5.88. The minimum atomic E-state index is -0.273. The molecule has 2 aromatic carbocycles. The van der Waals surface area contributed by atoms with Gasteiger partial charge in [0.15, 0.2) is 5.82 Å². The molecule has 0 fully saturated rings. The second kappa shape index (κ2) is 7.89. The molecule has 0 aliphatic rings. The maximum absolute atomic E-state index is 13.8. The van der Waals surface area contributed by atoms with E-state index < -0.39 is 0 Å². The zero-order valence-electron chi connectivity index (χ0n) is 14.2. The van der Waals surface area contributed by atoms with Crippen molar-refractivity contribution in [2.24, 2.45) is 0 Å². The second-order valence-electron chi connectivity index (χ2n) is 5.84. The van der Waals surface area contributed by atoms with Gasteiger partial charge in [0.2, 0.25) is 5.16 Å². The molecule has 0 amide bonds. The molecule has 2 N–H and O–H groups in total. The highest BCUT2D eigenvalue weighted by Gasteiger charge is 2.14. The van der Waals surface area contributed by atoms with E-state index in [9.17, 15) is 4.39 Å². The molecule has 0 radical (unpaired) electrons. The topological polar surface area (TPSA) is 69.6 Å². The van der Waals surface area contributed by atoms with Crippen LogP contribution in [0.5, 0.6) is 0 Å². The van der Waals surface area contributed by atoms with Crippen molar-refractivity contribution in [3.05, 3.63) is 82.9 Å². The van der Waals surface area contributed by atoms with Gasteiger partial charge in [-0.25, -0.2) is 14.1 Å². The van der Waals surface area contributed by atoms with E-state index in [1.165, 1.54) is 22.5 Å². The van der Waals surface area contributed by atoms with Crippen LogP contribution >= 0.6 is 23.1 Å². The molecular weight excluding hydrogens is 381 g/mol. The molecule has 2 aromatic heterocycles. The number of nitrogens with two attached hydrogens (primary N) is 1. The predicted octanol–water partition coefficient (Wildman–Crippen LogP) is 4.14. The maximum Gasteiger partial charge on any atom is 0.210 e. The number of thiazole rings is 1. The van der Waals surface area contributed by atoms with Crippen molar-refractivity contribution in [3.63, 3.8) is 0 Å². The van der Waals surface area contributed by atoms with E-state index in [-0.39, 0.29) is 5.82 Å². The Hall–Kier alpha value is -2.71. The molecule has 5 nitrogen and oxygen atoms in total. The first-order chi connectivity index (χ1) is 13.2. The van der Waals surface area contributed by atoms with E-state index in [0.717, 1.165) is 16.3 Å². The standard InChI is InChI=1S/C19H16FN5S2/c20-16-9-5-4-8-14(16)10-17-23-24-19(25(17)21)27-12-15-11-26-18(22-15)13-6-2-1-3-7-13/h1-9,11H,10,12,21H2. The quantitative estimate of drug-likeness (QED) is 0.391. The van der Waals surface area contributed by atoms with E-state index in [0.29, 0.717) is 28.7 Å². The summed E-state index contributed by atoms with van der Waals surface area (Å²) < 4.78 is 15.2. The zero-order valence-corrected chi connectivity index (χ0v) is 15.9. The molecule has 0 aliphatic heterocycles. The molecule has 0 saturated heterocycles. The van der Waals surface area contributed by atoms with Crippen LogP contribution in [0.2, 0.25) is 0 Å². The molecule has 4 rings (SSSR count). The number of benzene rings is 2. The van der Waals surface area contributed by atoms with E-state index in [4.69, 9.17) is 5.84 Å². The summed E-state index contributed by atoms with van der Waals surface area (Å²) in [6.07, 6.45) is 0.297. The van der Waals surface area contributed by atoms with Gasteiger partial charge in [-0.3, -0.25) is 0 Å². The fourth-order valence-corrected chi connectivity index (χ4v) is 4.26. The third kappa shape index (κ3) is 4.01. The third-order valence-electron chi connectivity index (χ3n) is 3.96. The van der Waals surface area contributed by atoms with E-state index in [2.05, 4.69) is 15.2 Å². The van der Waals surface area contributed by atoms with Crippen molar-refractivity contribution >= 4 is 23.1 Å². The normalized spacial score (nSPS) is 11.0. The molecule has 0 aliphatic carbocycles. The van der Waals surface area contributed by atoms with Crippen molar-refractivity contribution in [3.8, 4) is 10.6 Å². The minimum absolute atomic E-state index is 0.273. The van der Waals surface area contributed by atoms with Gasteiger partial charge < -0.3 is 5.84 Å². The Morgan fingerprint density at radius 1 is 1.04 bits per heavy atom. The van der Waals surface area contributed by atoms with Gasteiger partial charge >= 0.3 is 0 Å². The summed E-state index contributed by atoms with van der Waals surface area (Å²) in [6.45, 7) is 0. The van der Waals surface area contributed by atoms with Crippen LogP contribution in [0, 0.1) is 5.82 Å². The minimum Gasteiger partial charge on any atom is -0.336 e. The average molecular weight is 398 g/mol. The Kier molecular flexibility index (Phi) is 5.17. The van der Waals surface area contributed by atoms with Gasteiger partial charge in [0.1, 0.15) is 10.8 Å². The highest BCUT2D eigenvalue weighted by Crippen LogP contribution is 2.27. The fraction of sp³-hybridized carbons (Fsp3) is 0.105. The van der Waals surface area contributed by atoms with Crippen LogP contribution in [0.3, 0.4) is 0 Å². The van der Waals surface area contributed by atoms with Crippen LogP contribution in [-0.2, 0) is 12.2 Å². The highest BCUT2D eigenvalue weighted by molar-refractivity contribution is 7.98. The number of nitrogen functional groups attached to an aromatic ring is 1. The number of hydrogen-bond donors (Lipinski definition) is 1. The van der Waals surface area contributed by atoms with Crippen LogP contribution in [-0.4, -0.2) is 19.9 Å². The molecule has 0 bridgehead atoms. The average Bonchev–Trinajstić information content (AvgIpc) is 3.30. The maximum atomic E-state index is 13.8. The Morgan fingerprint density at radius 3 is 2.63 bits per heavy atom. The van der Waals surface area contributed by atoms with E-state index in [1.54, 1.807) is 29.5 Å².